The van der Waals surface area contributed by atoms with E-state index < -0.39 is 11.4 Å². The van der Waals surface area contributed by atoms with Gasteiger partial charge in [-0.1, -0.05) is 19.9 Å². The number of fused-ring (bicyclic) bond motifs is 5. The average molecular weight is 462 g/mol. The van der Waals surface area contributed by atoms with E-state index in [1.54, 1.807) is 6.21 Å². The standard InChI is InChI=1S/C25H43N5O3/c1-22-11-12-24(31,33-15-13-26)16-18(22)5-6-20-19(22)8-9-23(2)17(7-10-25(20,23)32)4-3-14-29-30-21(27)28/h3-4,14,17-20,31-32H,5-13,15-16,26H2,1-2H3,(H4,27,28,30)/b4-3?,29-14+/t17?,18?,19-,20-,22+,23-,24?,25-/m1/s1. The van der Waals surface area contributed by atoms with E-state index in [4.69, 9.17) is 21.6 Å². The van der Waals surface area contributed by atoms with Crippen molar-refractivity contribution in [3.05, 3.63) is 12.2 Å². The van der Waals surface area contributed by atoms with Crippen LogP contribution in [0.1, 0.15) is 71.6 Å². The number of nitrogens with zero attached hydrogens (tertiary/aromatic N) is 1. The lowest BCUT2D eigenvalue weighted by Gasteiger charge is -2.64. The molecule has 0 aromatic heterocycles. The lowest BCUT2D eigenvalue weighted by atomic mass is 9.43. The third-order valence-corrected chi connectivity index (χ3v) is 10.1. The van der Waals surface area contributed by atoms with Crippen LogP contribution in [0.3, 0.4) is 0 Å². The molecule has 8 heteroatoms. The van der Waals surface area contributed by atoms with Gasteiger partial charge >= 0.3 is 0 Å². The van der Waals surface area contributed by atoms with Crippen LogP contribution < -0.4 is 16.9 Å². The molecule has 4 saturated carbocycles. The van der Waals surface area contributed by atoms with Crippen LogP contribution in [0.4, 0.5) is 0 Å². The van der Waals surface area contributed by atoms with Crippen molar-refractivity contribution in [2.45, 2.75) is 83.0 Å². The number of aliphatic hydroxyl groups is 2. The molecular formula is C25H43N5O3. The highest BCUT2D eigenvalue weighted by Crippen LogP contribution is 2.69. The Hall–Kier alpha value is -1.48. The number of hydrogen-bond donors (Lipinski definition) is 6. The highest BCUT2D eigenvalue weighted by molar-refractivity contribution is 5.77. The van der Waals surface area contributed by atoms with Crippen molar-refractivity contribution in [3.63, 3.8) is 0 Å². The summed E-state index contributed by atoms with van der Waals surface area (Å²) in [6.07, 6.45) is 14.0. The summed E-state index contributed by atoms with van der Waals surface area (Å²) in [6.45, 7) is 5.52. The number of hydrazone groups is 1. The van der Waals surface area contributed by atoms with E-state index in [1.807, 2.05) is 6.08 Å². The van der Waals surface area contributed by atoms with Gasteiger partial charge in [0.15, 0.2) is 5.79 Å². The minimum Gasteiger partial charge on any atom is -0.389 e. The molecule has 0 aromatic carbocycles. The largest absolute Gasteiger partial charge is 0.389 e. The van der Waals surface area contributed by atoms with Crippen molar-refractivity contribution in [3.8, 4) is 0 Å². The number of allylic oxidation sites excluding steroid dienone is 2. The molecule has 4 aliphatic carbocycles. The lowest BCUT2D eigenvalue weighted by molar-refractivity contribution is -0.268. The third kappa shape index (κ3) is 4.13. The predicted octanol–water partition coefficient (Wildman–Crippen LogP) is 2.45. The zero-order chi connectivity index (χ0) is 23.9. The van der Waals surface area contributed by atoms with E-state index in [0.717, 1.165) is 44.9 Å². The molecule has 33 heavy (non-hydrogen) atoms. The van der Waals surface area contributed by atoms with E-state index in [1.165, 1.54) is 0 Å². The van der Waals surface area contributed by atoms with Crippen LogP contribution in [0.15, 0.2) is 17.3 Å². The van der Waals surface area contributed by atoms with E-state index in [2.05, 4.69) is 30.5 Å². The first-order chi connectivity index (χ1) is 15.6. The minimum absolute atomic E-state index is 0.136. The highest BCUT2D eigenvalue weighted by atomic mass is 16.6. The molecule has 8 N–H and O–H groups in total. The molecule has 0 aliphatic heterocycles. The molecule has 8 nitrogen and oxygen atoms in total. The number of guanidine groups is 1. The summed E-state index contributed by atoms with van der Waals surface area (Å²) in [5.41, 5.74) is 12.6. The third-order valence-electron chi connectivity index (χ3n) is 10.1. The predicted molar refractivity (Wildman–Crippen MR) is 129 cm³/mol. The van der Waals surface area contributed by atoms with Gasteiger partial charge < -0.3 is 26.4 Å². The summed E-state index contributed by atoms with van der Waals surface area (Å²) in [7, 11) is 0. The van der Waals surface area contributed by atoms with E-state index >= 15 is 0 Å². The smallest absolute Gasteiger partial charge is 0.206 e. The van der Waals surface area contributed by atoms with Gasteiger partial charge in [-0.25, -0.2) is 5.43 Å². The normalized spacial score (nSPS) is 47.3. The van der Waals surface area contributed by atoms with Gasteiger partial charge in [0.1, 0.15) is 0 Å². The highest BCUT2D eigenvalue weighted by Gasteiger charge is 2.67. The minimum atomic E-state index is -1.04. The van der Waals surface area contributed by atoms with Crippen LogP contribution in [0.25, 0.3) is 0 Å². The second-order valence-corrected chi connectivity index (χ2v) is 11.5. The van der Waals surface area contributed by atoms with Gasteiger partial charge in [-0.2, -0.15) is 5.10 Å². The molecule has 4 rings (SSSR count). The van der Waals surface area contributed by atoms with Crippen LogP contribution in [0, 0.1) is 39.9 Å². The monoisotopic (exact) mass is 461 g/mol. The van der Waals surface area contributed by atoms with Gasteiger partial charge in [0.2, 0.25) is 5.96 Å². The van der Waals surface area contributed by atoms with Crippen molar-refractivity contribution in [1.82, 2.24) is 5.43 Å². The Morgan fingerprint density at radius 1 is 1.12 bits per heavy atom. The van der Waals surface area contributed by atoms with Gasteiger partial charge in [0, 0.05) is 31.0 Å². The van der Waals surface area contributed by atoms with Gasteiger partial charge in [-0.15, -0.1) is 0 Å². The van der Waals surface area contributed by atoms with Crippen LogP contribution in [0.5, 0.6) is 0 Å². The molecule has 0 heterocycles. The molecule has 8 atom stereocenters. The SMILES string of the molecule is C[C@]12CCC(O)(OCCN)CC1CC[C@@H]1[C@H]2CC[C@]2(C)C(C=C/C=N/NC(=N)N)CC[C@@]12O. The molecule has 0 aromatic rings. The Balaban J connectivity index is 1.49. The fraction of sp³-hybridized carbons (Fsp3) is 0.840. The number of hydrogen-bond acceptors (Lipinski definition) is 6. The Morgan fingerprint density at radius 3 is 2.64 bits per heavy atom. The van der Waals surface area contributed by atoms with Gasteiger partial charge in [-0.05, 0) is 80.1 Å². The maximum atomic E-state index is 12.2. The van der Waals surface area contributed by atoms with Crippen molar-refractivity contribution in [2.24, 2.45) is 51.1 Å². The van der Waals surface area contributed by atoms with Crippen LogP contribution in [-0.4, -0.2) is 46.9 Å². The topological polar surface area (TPSA) is 150 Å². The maximum absolute atomic E-state index is 12.2. The number of nitrogens with one attached hydrogen (secondary N) is 2. The molecule has 4 aliphatic rings. The number of nitrogens with two attached hydrogens (primary N) is 2. The summed E-state index contributed by atoms with van der Waals surface area (Å²) >= 11 is 0. The molecule has 0 amide bonds. The molecule has 186 valence electrons. The Kier molecular flexibility index (Phi) is 6.68. The van der Waals surface area contributed by atoms with Crippen LogP contribution in [0.2, 0.25) is 0 Å². The molecule has 0 spiro atoms. The van der Waals surface area contributed by atoms with Crippen molar-refractivity contribution in [2.75, 3.05) is 13.2 Å². The first-order valence-electron chi connectivity index (χ1n) is 12.7. The number of ether oxygens (including phenoxy) is 1. The first kappa shape index (κ1) is 24.6. The summed E-state index contributed by atoms with van der Waals surface area (Å²) in [6, 6.07) is 0. The quantitative estimate of drug-likeness (QED) is 0.155. The maximum Gasteiger partial charge on any atom is 0.206 e. The van der Waals surface area contributed by atoms with Crippen molar-refractivity contribution >= 4 is 12.2 Å². The van der Waals surface area contributed by atoms with Gasteiger partial charge in [0.05, 0.1) is 12.2 Å². The first-order valence-corrected chi connectivity index (χ1v) is 12.7. The Labute approximate surface area is 197 Å². The molecule has 0 bridgehead atoms. The van der Waals surface area contributed by atoms with Crippen LogP contribution >= 0.6 is 0 Å². The van der Waals surface area contributed by atoms with Crippen molar-refractivity contribution in [1.29, 1.82) is 5.41 Å². The Morgan fingerprint density at radius 2 is 1.91 bits per heavy atom. The fourth-order valence-electron chi connectivity index (χ4n) is 8.24. The van der Waals surface area contributed by atoms with E-state index in [-0.39, 0.29) is 16.8 Å². The molecule has 4 fully saturated rings. The summed E-state index contributed by atoms with van der Waals surface area (Å²) in [5.74, 6) is 0.288. The van der Waals surface area contributed by atoms with E-state index in [0.29, 0.717) is 49.7 Å². The average Bonchev–Trinajstić information content (AvgIpc) is 3.03. The van der Waals surface area contributed by atoms with Crippen LogP contribution in [-0.2, 0) is 4.74 Å². The van der Waals surface area contributed by atoms with Crippen molar-refractivity contribution < 1.29 is 14.9 Å². The zero-order valence-corrected chi connectivity index (χ0v) is 20.2. The summed E-state index contributed by atoms with van der Waals surface area (Å²) in [5, 5.41) is 34.3. The van der Waals surface area contributed by atoms with Gasteiger partial charge in [0.25, 0.3) is 0 Å². The summed E-state index contributed by atoms with van der Waals surface area (Å²) < 4.78 is 5.78. The molecular weight excluding hydrogens is 418 g/mol. The van der Waals surface area contributed by atoms with E-state index in [9.17, 15) is 10.2 Å². The Bertz CT molecular complexity index is 805. The lowest BCUT2D eigenvalue weighted by Crippen LogP contribution is -2.63. The summed E-state index contributed by atoms with van der Waals surface area (Å²) in [4.78, 5) is 0. The zero-order valence-electron chi connectivity index (χ0n) is 20.2. The molecule has 0 saturated heterocycles. The second kappa shape index (κ2) is 8.95. The second-order valence-electron chi connectivity index (χ2n) is 11.5. The fourth-order valence-corrected chi connectivity index (χ4v) is 8.24. The number of rotatable bonds is 6. The molecule has 0 radical (unpaired) electrons. The van der Waals surface area contributed by atoms with Gasteiger partial charge in [-0.3, -0.25) is 5.41 Å². The molecule has 3 unspecified atom stereocenters.